The average molecular weight is 327 g/mol. The number of ether oxygens (including phenoxy) is 1. The molecule has 1 saturated heterocycles. The van der Waals surface area contributed by atoms with E-state index in [9.17, 15) is 4.79 Å². The molecule has 1 aliphatic heterocycles. The summed E-state index contributed by atoms with van der Waals surface area (Å²) in [7, 11) is 0. The first kappa shape index (κ1) is 16.1. The standard InChI is InChI=1S/C19H21NO2S/c21-19(20-13-17-7-4-12-22-17)14-23-18-10-8-16(9-11-18)15-5-2-1-3-6-15/h1-3,5-6,8-11,17H,4,7,12-14H2,(H,20,21). The summed E-state index contributed by atoms with van der Waals surface area (Å²) in [4.78, 5) is 13.0. The van der Waals surface area contributed by atoms with E-state index in [1.165, 1.54) is 11.1 Å². The Balaban J connectivity index is 1.45. The van der Waals surface area contributed by atoms with Gasteiger partial charge in [0.2, 0.25) is 5.91 Å². The van der Waals surface area contributed by atoms with Crippen LogP contribution in [0.3, 0.4) is 0 Å². The fourth-order valence-corrected chi connectivity index (χ4v) is 3.34. The third-order valence-electron chi connectivity index (χ3n) is 3.88. The van der Waals surface area contributed by atoms with Gasteiger partial charge >= 0.3 is 0 Å². The quantitative estimate of drug-likeness (QED) is 0.821. The van der Waals surface area contributed by atoms with Gasteiger partial charge in [-0.25, -0.2) is 0 Å². The SMILES string of the molecule is O=C(CSc1ccc(-c2ccccc2)cc1)NCC1CCCO1. The largest absolute Gasteiger partial charge is 0.376 e. The fourth-order valence-electron chi connectivity index (χ4n) is 2.61. The van der Waals surface area contributed by atoms with Gasteiger partial charge in [-0.1, -0.05) is 42.5 Å². The lowest BCUT2D eigenvalue weighted by Gasteiger charge is -2.10. The maximum Gasteiger partial charge on any atom is 0.230 e. The van der Waals surface area contributed by atoms with Crippen molar-refractivity contribution < 1.29 is 9.53 Å². The van der Waals surface area contributed by atoms with Crippen molar-refractivity contribution in [2.75, 3.05) is 18.9 Å². The summed E-state index contributed by atoms with van der Waals surface area (Å²) in [6.07, 6.45) is 2.35. The molecule has 1 unspecified atom stereocenters. The zero-order chi connectivity index (χ0) is 15.9. The summed E-state index contributed by atoms with van der Waals surface area (Å²) in [5.74, 6) is 0.509. The third-order valence-corrected chi connectivity index (χ3v) is 4.89. The number of amides is 1. The van der Waals surface area contributed by atoms with Gasteiger partial charge in [-0.15, -0.1) is 11.8 Å². The normalized spacial score (nSPS) is 17.1. The predicted octanol–water partition coefficient (Wildman–Crippen LogP) is 3.74. The third kappa shape index (κ3) is 4.85. The zero-order valence-electron chi connectivity index (χ0n) is 13.0. The molecule has 4 heteroatoms. The van der Waals surface area contributed by atoms with Crippen LogP contribution in [0.15, 0.2) is 59.5 Å². The van der Waals surface area contributed by atoms with Gasteiger partial charge in [-0.2, -0.15) is 0 Å². The van der Waals surface area contributed by atoms with E-state index in [0.29, 0.717) is 12.3 Å². The van der Waals surface area contributed by atoms with E-state index in [1.54, 1.807) is 11.8 Å². The van der Waals surface area contributed by atoms with Crippen molar-refractivity contribution in [1.29, 1.82) is 0 Å². The van der Waals surface area contributed by atoms with Crippen LogP contribution in [-0.4, -0.2) is 30.9 Å². The highest BCUT2D eigenvalue weighted by Gasteiger charge is 2.16. The number of hydrogen-bond acceptors (Lipinski definition) is 3. The van der Waals surface area contributed by atoms with Crippen LogP contribution >= 0.6 is 11.8 Å². The van der Waals surface area contributed by atoms with Crippen molar-refractivity contribution in [1.82, 2.24) is 5.32 Å². The highest BCUT2D eigenvalue weighted by molar-refractivity contribution is 8.00. The number of thioether (sulfide) groups is 1. The molecule has 23 heavy (non-hydrogen) atoms. The van der Waals surface area contributed by atoms with Gasteiger partial charge in [0.05, 0.1) is 11.9 Å². The van der Waals surface area contributed by atoms with Gasteiger partial charge in [0.25, 0.3) is 0 Å². The molecule has 0 saturated carbocycles. The fraction of sp³-hybridized carbons (Fsp3) is 0.316. The first-order valence-corrected chi connectivity index (χ1v) is 8.96. The number of benzene rings is 2. The number of carbonyl (C=O) groups excluding carboxylic acids is 1. The van der Waals surface area contributed by atoms with E-state index in [-0.39, 0.29) is 12.0 Å². The Morgan fingerprint density at radius 3 is 2.52 bits per heavy atom. The van der Waals surface area contributed by atoms with Gasteiger partial charge in [0, 0.05) is 18.0 Å². The van der Waals surface area contributed by atoms with Crippen LogP contribution in [-0.2, 0) is 9.53 Å². The Bertz CT molecular complexity index is 622. The summed E-state index contributed by atoms with van der Waals surface area (Å²) in [5.41, 5.74) is 2.40. The summed E-state index contributed by atoms with van der Waals surface area (Å²) in [6.45, 7) is 1.45. The number of carbonyl (C=O) groups is 1. The van der Waals surface area contributed by atoms with Crippen LogP contribution in [0.2, 0.25) is 0 Å². The molecule has 1 fully saturated rings. The topological polar surface area (TPSA) is 38.3 Å². The van der Waals surface area contributed by atoms with Crippen molar-refractivity contribution in [2.24, 2.45) is 0 Å². The summed E-state index contributed by atoms with van der Waals surface area (Å²) in [6, 6.07) is 18.6. The van der Waals surface area contributed by atoms with Gasteiger partial charge in [0.1, 0.15) is 0 Å². The molecule has 2 aromatic rings. The molecule has 1 N–H and O–H groups in total. The smallest absolute Gasteiger partial charge is 0.230 e. The van der Waals surface area contributed by atoms with Crippen molar-refractivity contribution in [3.8, 4) is 11.1 Å². The Kier molecular flexibility index (Phi) is 5.72. The van der Waals surface area contributed by atoms with Crippen LogP contribution in [0.25, 0.3) is 11.1 Å². The molecular weight excluding hydrogens is 306 g/mol. The molecule has 3 rings (SSSR count). The molecule has 0 spiro atoms. The summed E-state index contributed by atoms with van der Waals surface area (Å²) < 4.78 is 5.50. The van der Waals surface area contributed by atoms with Crippen LogP contribution < -0.4 is 5.32 Å². The van der Waals surface area contributed by atoms with Gasteiger partial charge in [-0.3, -0.25) is 4.79 Å². The first-order chi connectivity index (χ1) is 11.3. The second-order valence-corrected chi connectivity index (χ2v) is 6.67. The Morgan fingerprint density at radius 2 is 1.83 bits per heavy atom. The highest BCUT2D eigenvalue weighted by atomic mass is 32.2. The molecular formula is C19H21NO2S. The lowest BCUT2D eigenvalue weighted by Crippen LogP contribution is -2.32. The van der Waals surface area contributed by atoms with E-state index in [1.807, 2.05) is 18.2 Å². The van der Waals surface area contributed by atoms with E-state index >= 15 is 0 Å². The van der Waals surface area contributed by atoms with E-state index in [0.717, 1.165) is 24.3 Å². The predicted molar refractivity (Wildman–Crippen MR) is 94.6 cm³/mol. The molecule has 0 aliphatic carbocycles. The van der Waals surface area contributed by atoms with Crippen LogP contribution in [0.5, 0.6) is 0 Å². The van der Waals surface area contributed by atoms with Crippen molar-refractivity contribution in [3.63, 3.8) is 0 Å². The minimum Gasteiger partial charge on any atom is -0.376 e. The van der Waals surface area contributed by atoms with E-state index in [2.05, 4.69) is 41.7 Å². The highest BCUT2D eigenvalue weighted by Crippen LogP contribution is 2.24. The molecule has 1 amide bonds. The lowest BCUT2D eigenvalue weighted by atomic mass is 10.1. The van der Waals surface area contributed by atoms with Crippen molar-refractivity contribution in [3.05, 3.63) is 54.6 Å². The molecule has 0 aromatic heterocycles. The lowest BCUT2D eigenvalue weighted by molar-refractivity contribution is -0.119. The van der Waals surface area contributed by atoms with Crippen LogP contribution in [0.4, 0.5) is 0 Å². The number of rotatable bonds is 6. The van der Waals surface area contributed by atoms with Gasteiger partial charge in [-0.05, 0) is 36.1 Å². The van der Waals surface area contributed by atoms with Crippen LogP contribution in [0.1, 0.15) is 12.8 Å². The van der Waals surface area contributed by atoms with Crippen molar-refractivity contribution >= 4 is 17.7 Å². The minimum absolute atomic E-state index is 0.0673. The second-order valence-electron chi connectivity index (χ2n) is 5.62. The molecule has 0 bridgehead atoms. The zero-order valence-corrected chi connectivity index (χ0v) is 13.9. The number of nitrogens with one attached hydrogen (secondary N) is 1. The minimum atomic E-state index is 0.0673. The monoisotopic (exact) mass is 327 g/mol. The van der Waals surface area contributed by atoms with E-state index < -0.39 is 0 Å². The van der Waals surface area contributed by atoms with Crippen LogP contribution in [0, 0.1) is 0 Å². The van der Waals surface area contributed by atoms with E-state index in [4.69, 9.17) is 4.74 Å². The summed E-state index contributed by atoms with van der Waals surface area (Å²) >= 11 is 1.56. The molecule has 1 atom stereocenters. The molecule has 1 heterocycles. The Labute approximate surface area is 141 Å². The maximum atomic E-state index is 11.9. The van der Waals surface area contributed by atoms with Crippen molar-refractivity contribution in [2.45, 2.75) is 23.8 Å². The molecule has 1 aliphatic rings. The van der Waals surface area contributed by atoms with Gasteiger partial charge < -0.3 is 10.1 Å². The summed E-state index contributed by atoms with van der Waals surface area (Å²) in [5, 5.41) is 2.95. The maximum absolute atomic E-state index is 11.9. The average Bonchev–Trinajstić information content (AvgIpc) is 3.13. The Morgan fingerprint density at radius 1 is 1.09 bits per heavy atom. The molecule has 0 radical (unpaired) electrons. The first-order valence-electron chi connectivity index (χ1n) is 7.98. The second kappa shape index (κ2) is 8.18. The Hall–Kier alpha value is -1.78. The number of hydrogen-bond donors (Lipinski definition) is 1. The molecule has 2 aromatic carbocycles. The molecule has 3 nitrogen and oxygen atoms in total. The van der Waals surface area contributed by atoms with Gasteiger partial charge in [0.15, 0.2) is 0 Å². The molecule has 120 valence electrons.